The molecule has 4 N–H and O–H groups in total. The summed E-state index contributed by atoms with van der Waals surface area (Å²) in [5, 5.41) is 6.82. The van der Waals surface area contributed by atoms with E-state index in [1.165, 1.54) is 12.1 Å². The van der Waals surface area contributed by atoms with E-state index in [1.807, 2.05) is 37.3 Å². The number of benzene rings is 3. The van der Waals surface area contributed by atoms with Crippen molar-refractivity contribution < 1.29 is 13.9 Å². The van der Waals surface area contributed by atoms with Gasteiger partial charge in [0.05, 0.1) is 18.8 Å². The Morgan fingerprint density at radius 3 is 2.43 bits per heavy atom. The molecule has 182 valence electrons. The third-order valence-corrected chi connectivity index (χ3v) is 6.97. The molecule has 6 nitrogen and oxygen atoms in total. The fourth-order valence-electron chi connectivity index (χ4n) is 5.24. The largest absolute Gasteiger partial charge is 0.494 e. The zero-order valence-corrected chi connectivity index (χ0v) is 19.7. The van der Waals surface area contributed by atoms with Crippen LogP contribution in [-0.4, -0.2) is 18.7 Å². The molecule has 2 heterocycles. The van der Waals surface area contributed by atoms with Crippen molar-refractivity contribution >= 4 is 5.91 Å². The molecular weight excluding hydrogens is 443 g/mol. The average molecular weight is 475 g/mol. The van der Waals surface area contributed by atoms with Gasteiger partial charge in [0.15, 0.2) is 0 Å². The molecule has 0 aromatic heterocycles. The topological polar surface area (TPSA) is 74.4 Å². The van der Waals surface area contributed by atoms with Gasteiger partial charge in [0.25, 0.3) is 0 Å². The van der Waals surface area contributed by atoms with Crippen molar-refractivity contribution in [2.24, 2.45) is 11.8 Å². The number of hydrogen-bond donors (Lipinski definition) is 4. The third kappa shape index (κ3) is 5.22. The Kier molecular flexibility index (Phi) is 7.08. The van der Waals surface area contributed by atoms with Crippen LogP contribution in [0, 0.1) is 17.7 Å². The number of hydrazine groups is 1. The number of ether oxygens (including phenoxy) is 1. The number of nitrogens with one attached hydrogen (secondary N) is 4. The maximum atomic E-state index is 13.6. The number of amides is 1. The first-order valence-electron chi connectivity index (χ1n) is 12.2. The molecule has 3 aromatic carbocycles. The molecule has 3 aromatic rings. The molecule has 1 amide bonds. The first-order valence-corrected chi connectivity index (χ1v) is 12.2. The lowest BCUT2D eigenvalue weighted by Gasteiger charge is -2.40. The Hall–Kier alpha value is -3.26. The zero-order valence-electron chi connectivity index (χ0n) is 19.7. The fourth-order valence-corrected chi connectivity index (χ4v) is 5.24. The number of hydrogen-bond acceptors (Lipinski definition) is 5. The summed E-state index contributed by atoms with van der Waals surface area (Å²) in [6, 6.07) is 24.5. The van der Waals surface area contributed by atoms with Crippen LogP contribution in [0.4, 0.5) is 4.39 Å². The average Bonchev–Trinajstić information content (AvgIpc) is 3.33. The van der Waals surface area contributed by atoms with E-state index in [9.17, 15) is 9.18 Å². The highest BCUT2D eigenvalue weighted by molar-refractivity contribution is 5.79. The van der Waals surface area contributed by atoms with Crippen molar-refractivity contribution in [1.82, 2.24) is 21.5 Å². The van der Waals surface area contributed by atoms with Crippen LogP contribution in [0.1, 0.15) is 42.1 Å². The van der Waals surface area contributed by atoms with Gasteiger partial charge >= 0.3 is 0 Å². The van der Waals surface area contributed by atoms with Gasteiger partial charge in [-0.1, -0.05) is 54.6 Å². The van der Waals surface area contributed by atoms with E-state index in [-0.39, 0.29) is 41.8 Å². The molecule has 0 bridgehead atoms. The minimum atomic E-state index is -0.284. The Bertz CT molecular complexity index is 1120. The van der Waals surface area contributed by atoms with Crippen LogP contribution in [0.5, 0.6) is 5.75 Å². The molecular formula is C28H31FN4O2. The van der Waals surface area contributed by atoms with Crippen LogP contribution < -0.4 is 26.2 Å². The minimum Gasteiger partial charge on any atom is -0.494 e. The lowest BCUT2D eigenvalue weighted by molar-refractivity contribution is -0.129. The van der Waals surface area contributed by atoms with Crippen molar-refractivity contribution in [2.45, 2.75) is 38.1 Å². The van der Waals surface area contributed by atoms with Crippen LogP contribution in [-0.2, 0) is 11.3 Å². The molecule has 2 saturated heterocycles. The Labute approximate surface area is 205 Å². The molecule has 0 saturated carbocycles. The van der Waals surface area contributed by atoms with E-state index in [1.54, 1.807) is 12.1 Å². The van der Waals surface area contributed by atoms with E-state index < -0.39 is 0 Å². The predicted molar refractivity (Wildman–Crippen MR) is 133 cm³/mol. The Morgan fingerprint density at radius 1 is 0.971 bits per heavy atom. The molecule has 5 unspecified atom stereocenters. The van der Waals surface area contributed by atoms with Crippen molar-refractivity contribution in [1.29, 1.82) is 0 Å². The lowest BCUT2D eigenvalue weighted by atomic mass is 9.74. The smallest absolute Gasteiger partial charge is 0.223 e. The van der Waals surface area contributed by atoms with Crippen LogP contribution in [0.15, 0.2) is 78.9 Å². The van der Waals surface area contributed by atoms with Crippen molar-refractivity contribution in [3.63, 3.8) is 0 Å². The summed E-state index contributed by atoms with van der Waals surface area (Å²) < 4.78 is 18.9. The summed E-state index contributed by atoms with van der Waals surface area (Å²) in [6.45, 7) is 2.95. The van der Waals surface area contributed by atoms with Gasteiger partial charge in [0.1, 0.15) is 11.6 Å². The maximum Gasteiger partial charge on any atom is 0.223 e. The number of fused-ring (bicyclic) bond motifs is 1. The van der Waals surface area contributed by atoms with Crippen molar-refractivity contribution in [3.05, 3.63) is 101 Å². The summed E-state index contributed by atoms with van der Waals surface area (Å²) in [7, 11) is 0. The van der Waals surface area contributed by atoms with E-state index in [0.717, 1.165) is 22.4 Å². The highest BCUT2D eigenvalue weighted by Crippen LogP contribution is 2.42. The number of piperidine rings is 1. The summed E-state index contributed by atoms with van der Waals surface area (Å²) in [6.07, 6.45) is 0.587. The van der Waals surface area contributed by atoms with Crippen LogP contribution in [0.25, 0.3) is 0 Å². The van der Waals surface area contributed by atoms with Crippen LogP contribution >= 0.6 is 0 Å². The van der Waals surface area contributed by atoms with E-state index >= 15 is 0 Å². The van der Waals surface area contributed by atoms with Gasteiger partial charge in [-0.25, -0.2) is 15.2 Å². The first kappa shape index (κ1) is 23.5. The molecule has 7 heteroatoms. The molecule has 0 aliphatic carbocycles. The quantitative estimate of drug-likeness (QED) is 0.417. The monoisotopic (exact) mass is 474 g/mol. The number of carbonyl (C=O) groups excluding carboxylic acids is 1. The molecule has 5 rings (SSSR count). The summed E-state index contributed by atoms with van der Waals surface area (Å²) in [5.41, 5.74) is 9.95. The Balaban J connectivity index is 1.38. The molecule has 2 aliphatic rings. The second-order valence-electron chi connectivity index (χ2n) is 9.14. The second-order valence-corrected chi connectivity index (χ2v) is 9.14. The van der Waals surface area contributed by atoms with Crippen molar-refractivity contribution in [2.75, 3.05) is 6.61 Å². The summed E-state index contributed by atoms with van der Waals surface area (Å²) in [5.74, 6) is 0.348. The lowest BCUT2D eigenvalue weighted by Crippen LogP contribution is -2.54. The standard InChI is InChI=1S/C28H31FN4O2/c1-2-35-22-14-10-19(11-15-22)24-16-23(28(34)30-17-18-8-12-21(29)13-9-18)25-26(32-33-27(25)31-24)20-6-4-3-5-7-20/h3-15,23-27,31-33H,2,16-17H2,1H3,(H,30,34). The van der Waals surface area contributed by atoms with E-state index in [2.05, 4.69) is 45.8 Å². The molecule has 5 atom stereocenters. The summed E-state index contributed by atoms with van der Waals surface area (Å²) in [4.78, 5) is 13.6. The fraction of sp³-hybridized carbons (Fsp3) is 0.321. The number of carbonyl (C=O) groups is 1. The molecule has 35 heavy (non-hydrogen) atoms. The van der Waals surface area contributed by atoms with Gasteiger partial charge in [-0.3, -0.25) is 10.1 Å². The van der Waals surface area contributed by atoms with Gasteiger partial charge < -0.3 is 10.1 Å². The highest BCUT2D eigenvalue weighted by atomic mass is 19.1. The summed E-state index contributed by atoms with van der Waals surface area (Å²) >= 11 is 0. The Morgan fingerprint density at radius 2 is 1.71 bits per heavy atom. The van der Waals surface area contributed by atoms with Crippen LogP contribution in [0.3, 0.4) is 0 Å². The van der Waals surface area contributed by atoms with E-state index in [4.69, 9.17) is 4.74 Å². The van der Waals surface area contributed by atoms with Crippen molar-refractivity contribution in [3.8, 4) is 5.75 Å². The zero-order chi connectivity index (χ0) is 24.2. The highest BCUT2D eigenvalue weighted by Gasteiger charge is 2.49. The van der Waals surface area contributed by atoms with Gasteiger partial charge in [0, 0.05) is 24.4 Å². The second kappa shape index (κ2) is 10.6. The van der Waals surface area contributed by atoms with Gasteiger partial charge in [-0.15, -0.1) is 0 Å². The molecule has 2 aliphatic heterocycles. The van der Waals surface area contributed by atoms with Crippen LogP contribution in [0.2, 0.25) is 0 Å². The number of halogens is 1. The number of rotatable bonds is 7. The van der Waals surface area contributed by atoms with E-state index in [0.29, 0.717) is 19.6 Å². The van der Waals surface area contributed by atoms with Gasteiger partial charge in [0.2, 0.25) is 5.91 Å². The predicted octanol–water partition coefficient (Wildman–Crippen LogP) is 3.98. The van der Waals surface area contributed by atoms with Gasteiger partial charge in [-0.05, 0) is 54.3 Å². The molecule has 0 spiro atoms. The maximum absolute atomic E-state index is 13.6. The SMILES string of the molecule is CCOc1ccc(C2CC(C(=O)NCc3ccc(F)cc3)C3C(NNC3c3ccccc3)N2)cc1. The molecule has 2 fully saturated rings. The minimum absolute atomic E-state index is 0.00319. The normalized spacial score (nSPS) is 25.6. The van der Waals surface area contributed by atoms with Gasteiger partial charge in [-0.2, -0.15) is 0 Å². The third-order valence-electron chi connectivity index (χ3n) is 6.97. The first-order chi connectivity index (χ1) is 17.1. The molecule has 0 radical (unpaired) electrons.